The number of nitrogens with one attached hydrogen (secondary N) is 1. The zero-order chi connectivity index (χ0) is 16.9. The van der Waals surface area contributed by atoms with Gasteiger partial charge in [-0.1, -0.05) is 55.8 Å². The summed E-state index contributed by atoms with van der Waals surface area (Å²) in [4.78, 5) is 0. The summed E-state index contributed by atoms with van der Waals surface area (Å²) in [6.07, 6.45) is 3.49. The van der Waals surface area contributed by atoms with Gasteiger partial charge in [-0.25, -0.2) is 0 Å². The van der Waals surface area contributed by atoms with E-state index in [4.69, 9.17) is 11.6 Å². The molecule has 0 unspecified atom stereocenters. The van der Waals surface area contributed by atoms with E-state index >= 15 is 0 Å². The summed E-state index contributed by atoms with van der Waals surface area (Å²) >= 11 is 5.99. The number of halogens is 1. The van der Waals surface area contributed by atoms with Crippen LogP contribution in [0.5, 0.6) is 0 Å². The van der Waals surface area contributed by atoms with Crippen LogP contribution in [0.2, 0.25) is 5.02 Å². The number of nitrogens with zero attached hydrogens (tertiary/aromatic N) is 1. The first-order valence-electron chi connectivity index (χ1n) is 8.65. The zero-order valence-electron chi connectivity index (χ0n) is 14.4. The molecule has 0 fully saturated rings. The van der Waals surface area contributed by atoms with E-state index in [9.17, 15) is 0 Å². The van der Waals surface area contributed by atoms with Crippen molar-refractivity contribution in [3.05, 3.63) is 70.9 Å². The maximum absolute atomic E-state index is 5.99. The Morgan fingerprint density at radius 1 is 1.04 bits per heavy atom. The molecule has 0 aliphatic heterocycles. The number of rotatable bonds is 7. The van der Waals surface area contributed by atoms with Crippen LogP contribution in [-0.4, -0.2) is 11.1 Å². The first-order valence-corrected chi connectivity index (χ1v) is 9.03. The smallest absolute Gasteiger partial charge is 0.0486 e. The first kappa shape index (κ1) is 17.1. The molecule has 0 bridgehead atoms. The topological polar surface area (TPSA) is 17.0 Å². The third-order valence-corrected chi connectivity index (χ3v) is 4.60. The summed E-state index contributed by atoms with van der Waals surface area (Å²) in [5.41, 5.74) is 3.91. The molecule has 24 heavy (non-hydrogen) atoms. The maximum atomic E-state index is 5.99. The van der Waals surface area contributed by atoms with Gasteiger partial charge in [0.05, 0.1) is 0 Å². The number of benzene rings is 2. The van der Waals surface area contributed by atoms with Crippen LogP contribution < -0.4 is 5.32 Å². The van der Waals surface area contributed by atoms with Gasteiger partial charge in [-0.3, -0.25) is 0 Å². The highest BCUT2D eigenvalue weighted by Crippen LogP contribution is 2.23. The molecule has 3 heteroatoms. The lowest BCUT2D eigenvalue weighted by Crippen LogP contribution is -2.16. The second-order valence-electron chi connectivity index (χ2n) is 6.79. The molecule has 1 N–H and O–H groups in total. The van der Waals surface area contributed by atoms with Crippen LogP contribution in [0.25, 0.3) is 10.9 Å². The summed E-state index contributed by atoms with van der Waals surface area (Å²) in [7, 11) is 0. The van der Waals surface area contributed by atoms with E-state index in [1.54, 1.807) is 0 Å². The Morgan fingerprint density at radius 3 is 2.54 bits per heavy atom. The molecule has 3 aromatic rings. The molecular weight excluding hydrogens is 316 g/mol. The second kappa shape index (κ2) is 7.87. The number of hydrogen-bond donors (Lipinski definition) is 1. The van der Waals surface area contributed by atoms with E-state index in [1.807, 2.05) is 12.1 Å². The van der Waals surface area contributed by atoms with Crippen molar-refractivity contribution in [2.45, 2.75) is 33.4 Å². The average Bonchev–Trinajstić information content (AvgIpc) is 2.92. The largest absolute Gasteiger partial charge is 0.343 e. The highest BCUT2D eigenvalue weighted by molar-refractivity contribution is 6.30. The van der Waals surface area contributed by atoms with Crippen molar-refractivity contribution in [2.75, 3.05) is 6.54 Å². The molecule has 0 atom stereocenters. The summed E-state index contributed by atoms with van der Waals surface area (Å²) in [6.45, 7) is 7.37. The Hall–Kier alpha value is -1.77. The molecule has 0 amide bonds. The number of aromatic nitrogens is 1. The molecule has 126 valence electrons. The maximum Gasteiger partial charge on any atom is 0.0486 e. The van der Waals surface area contributed by atoms with E-state index in [0.717, 1.165) is 30.6 Å². The Bertz CT molecular complexity index is 787. The van der Waals surface area contributed by atoms with Crippen LogP contribution in [0.1, 0.15) is 31.4 Å². The van der Waals surface area contributed by atoms with Gasteiger partial charge >= 0.3 is 0 Å². The number of fused-ring (bicyclic) bond motifs is 1. The van der Waals surface area contributed by atoms with Crippen molar-refractivity contribution in [1.29, 1.82) is 0 Å². The summed E-state index contributed by atoms with van der Waals surface area (Å²) in [5.74, 6) is 0.740. The van der Waals surface area contributed by atoms with Gasteiger partial charge in [0.2, 0.25) is 0 Å². The fourth-order valence-corrected chi connectivity index (χ4v) is 3.12. The van der Waals surface area contributed by atoms with Crippen LogP contribution in [0, 0.1) is 5.92 Å². The average molecular weight is 341 g/mol. The molecule has 0 radical (unpaired) electrons. The minimum Gasteiger partial charge on any atom is -0.343 e. The minimum atomic E-state index is 0.740. The van der Waals surface area contributed by atoms with E-state index < -0.39 is 0 Å². The molecule has 1 aromatic heterocycles. The Kier molecular flexibility index (Phi) is 5.60. The molecule has 3 rings (SSSR count). The van der Waals surface area contributed by atoms with Crippen LogP contribution in [0.15, 0.2) is 54.7 Å². The molecular formula is C21H25ClN2. The van der Waals surface area contributed by atoms with Crippen LogP contribution in [0.4, 0.5) is 0 Å². The molecule has 2 nitrogen and oxygen atoms in total. The lowest BCUT2D eigenvalue weighted by molar-refractivity contribution is 0.538. The van der Waals surface area contributed by atoms with Crippen molar-refractivity contribution < 1.29 is 0 Å². The Morgan fingerprint density at radius 2 is 1.79 bits per heavy atom. The van der Waals surface area contributed by atoms with Crippen LogP contribution >= 0.6 is 11.6 Å². The molecule has 0 spiro atoms. The molecule has 0 aliphatic carbocycles. The number of hydrogen-bond acceptors (Lipinski definition) is 1. The summed E-state index contributed by atoms with van der Waals surface area (Å²) < 4.78 is 2.33. The zero-order valence-corrected chi connectivity index (χ0v) is 15.2. The van der Waals surface area contributed by atoms with Crippen molar-refractivity contribution in [3.63, 3.8) is 0 Å². The van der Waals surface area contributed by atoms with Crippen molar-refractivity contribution >= 4 is 22.5 Å². The van der Waals surface area contributed by atoms with Gasteiger partial charge in [0, 0.05) is 35.2 Å². The minimum absolute atomic E-state index is 0.740. The highest BCUT2D eigenvalue weighted by atomic mass is 35.5. The van der Waals surface area contributed by atoms with Gasteiger partial charge in [-0.2, -0.15) is 0 Å². The highest BCUT2D eigenvalue weighted by Gasteiger charge is 2.08. The SMILES string of the molecule is CC(C)CCNCc1cn(Cc2ccc(Cl)cc2)c2ccccc12. The fourth-order valence-electron chi connectivity index (χ4n) is 2.99. The van der Waals surface area contributed by atoms with Gasteiger partial charge in [0.25, 0.3) is 0 Å². The van der Waals surface area contributed by atoms with Crippen molar-refractivity contribution in [2.24, 2.45) is 5.92 Å². The van der Waals surface area contributed by atoms with Gasteiger partial charge in [-0.05, 0) is 48.2 Å². The first-order chi connectivity index (χ1) is 11.6. The Balaban J connectivity index is 1.79. The van der Waals surface area contributed by atoms with Gasteiger partial charge in [0.15, 0.2) is 0 Å². The fraction of sp³-hybridized carbons (Fsp3) is 0.333. The van der Waals surface area contributed by atoms with Crippen molar-refractivity contribution in [1.82, 2.24) is 9.88 Å². The number of para-hydroxylation sites is 1. The second-order valence-corrected chi connectivity index (χ2v) is 7.22. The lowest BCUT2D eigenvalue weighted by atomic mass is 10.1. The van der Waals surface area contributed by atoms with E-state index in [1.165, 1.54) is 28.5 Å². The molecule has 1 heterocycles. The lowest BCUT2D eigenvalue weighted by Gasteiger charge is -2.06. The van der Waals surface area contributed by atoms with Gasteiger partial charge < -0.3 is 9.88 Å². The normalized spacial score (nSPS) is 11.5. The van der Waals surface area contributed by atoms with E-state index in [2.05, 4.69) is 66.3 Å². The van der Waals surface area contributed by atoms with Gasteiger partial charge in [0.1, 0.15) is 0 Å². The van der Waals surface area contributed by atoms with E-state index in [0.29, 0.717) is 0 Å². The van der Waals surface area contributed by atoms with Gasteiger partial charge in [-0.15, -0.1) is 0 Å². The predicted octanol–water partition coefficient (Wildman–Crippen LogP) is 5.48. The monoisotopic (exact) mass is 340 g/mol. The quantitative estimate of drug-likeness (QED) is 0.563. The van der Waals surface area contributed by atoms with Crippen LogP contribution in [-0.2, 0) is 13.1 Å². The molecule has 0 saturated carbocycles. The van der Waals surface area contributed by atoms with Crippen LogP contribution in [0.3, 0.4) is 0 Å². The molecule has 0 aliphatic rings. The summed E-state index contributed by atoms with van der Waals surface area (Å²) in [5, 5.41) is 5.70. The van der Waals surface area contributed by atoms with Crippen molar-refractivity contribution in [3.8, 4) is 0 Å². The van der Waals surface area contributed by atoms with E-state index in [-0.39, 0.29) is 0 Å². The Labute approximate surface area is 149 Å². The molecule has 0 saturated heterocycles. The third kappa shape index (κ3) is 4.19. The predicted molar refractivity (Wildman–Crippen MR) is 104 cm³/mol. The standard InChI is InChI=1S/C21H25ClN2/c1-16(2)11-12-23-13-18-15-24(21-6-4-3-5-20(18)21)14-17-7-9-19(22)10-8-17/h3-10,15-16,23H,11-14H2,1-2H3. The molecule has 2 aromatic carbocycles. The summed E-state index contributed by atoms with van der Waals surface area (Å²) in [6, 6.07) is 16.7. The third-order valence-electron chi connectivity index (χ3n) is 4.35.